The first-order valence-corrected chi connectivity index (χ1v) is 9.48. The van der Waals surface area contributed by atoms with Gasteiger partial charge in [-0.2, -0.15) is 0 Å². The molecule has 1 aliphatic heterocycles. The van der Waals surface area contributed by atoms with Gasteiger partial charge in [0.1, 0.15) is 5.60 Å². The summed E-state index contributed by atoms with van der Waals surface area (Å²) >= 11 is 0. The number of rotatable bonds is 8. The van der Waals surface area contributed by atoms with Crippen LogP contribution < -0.4 is 0 Å². The average Bonchev–Trinajstić information content (AvgIpc) is 2.89. The molecule has 0 aromatic heterocycles. The van der Waals surface area contributed by atoms with Crippen LogP contribution in [0.1, 0.15) is 24.8 Å². The molecule has 1 aliphatic carbocycles. The van der Waals surface area contributed by atoms with E-state index < -0.39 is 11.7 Å². The Balaban J connectivity index is 1.79. The fourth-order valence-corrected chi connectivity index (χ4v) is 4.59. The first-order valence-electron chi connectivity index (χ1n) is 9.48. The van der Waals surface area contributed by atoms with Gasteiger partial charge in [0.15, 0.2) is 0 Å². The lowest BCUT2D eigenvalue weighted by Gasteiger charge is -2.45. The molecule has 2 aliphatic rings. The summed E-state index contributed by atoms with van der Waals surface area (Å²) in [5.41, 5.74) is 0.143. The third kappa shape index (κ3) is 4.02. The highest BCUT2D eigenvalue weighted by molar-refractivity contribution is 5.17. The molecule has 1 aromatic carbocycles. The minimum Gasteiger partial charge on any atom is -0.391 e. The van der Waals surface area contributed by atoms with Crippen LogP contribution in [0.3, 0.4) is 0 Å². The number of ether oxygens (including phenoxy) is 2. The van der Waals surface area contributed by atoms with E-state index in [2.05, 4.69) is 23.6 Å². The summed E-state index contributed by atoms with van der Waals surface area (Å²) in [5.74, 6) is 0.0263. The second-order valence-corrected chi connectivity index (χ2v) is 7.59. The van der Waals surface area contributed by atoms with Crippen molar-refractivity contribution in [1.82, 2.24) is 4.90 Å². The lowest BCUT2D eigenvalue weighted by molar-refractivity contribution is -0.180. The van der Waals surface area contributed by atoms with Gasteiger partial charge in [0.05, 0.1) is 31.5 Å². The van der Waals surface area contributed by atoms with Gasteiger partial charge in [0.2, 0.25) is 0 Å². The van der Waals surface area contributed by atoms with Gasteiger partial charge >= 0.3 is 0 Å². The zero-order chi connectivity index (χ0) is 18.6. The summed E-state index contributed by atoms with van der Waals surface area (Å²) in [7, 11) is 1.66. The van der Waals surface area contributed by atoms with Gasteiger partial charge in [0.25, 0.3) is 0 Å². The van der Waals surface area contributed by atoms with Crippen molar-refractivity contribution in [3.8, 4) is 0 Å². The van der Waals surface area contributed by atoms with Crippen molar-refractivity contribution in [2.24, 2.45) is 5.92 Å². The SMILES string of the molecule is C=CCCN(Cc1ccccc1)[C@H]1[C@H](O)C[C@@H]2C[C@H](COC)OC[C@]21O. The van der Waals surface area contributed by atoms with E-state index in [0.717, 1.165) is 19.4 Å². The van der Waals surface area contributed by atoms with E-state index in [1.54, 1.807) is 7.11 Å². The number of fused-ring (bicyclic) bond motifs is 1. The smallest absolute Gasteiger partial charge is 0.109 e. The predicted octanol–water partition coefficient (Wildman–Crippen LogP) is 1.98. The highest BCUT2D eigenvalue weighted by Gasteiger charge is 2.58. The van der Waals surface area contributed by atoms with Crippen LogP contribution in [-0.2, 0) is 16.0 Å². The maximum absolute atomic E-state index is 11.5. The minimum absolute atomic E-state index is 0.00743. The number of benzene rings is 1. The van der Waals surface area contributed by atoms with Crippen molar-refractivity contribution < 1.29 is 19.7 Å². The van der Waals surface area contributed by atoms with Crippen LogP contribution in [0.2, 0.25) is 0 Å². The Morgan fingerprint density at radius 3 is 2.81 bits per heavy atom. The van der Waals surface area contributed by atoms with Gasteiger partial charge < -0.3 is 19.7 Å². The molecule has 144 valence electrons. The lowest BCUT2D eigenvalue weighted by Crippen LogP contribution is -2.60. The zero-order valence-electron chi connectivity index (χ0n) is 15.6. The third-order valence-electron chi connectivity index (χ3n) is 5.80. The Hall–Kier alpha value is -1.24. The number of nitrogens with zero attached hydrogens (tertiary/aromatic N) is 1. The maximum atomic E-state index is 11.5. The minimum atomic E-state index is -1.03. The van der Waals surface area contributed by atoms with E-state index in [9.17, 15) is 10.2 Å². The van der Waals surface area contributed by atoms with Crippen molar-refractivity contribution in [1.29, 1.82) is 0 Å². The van der Waals surface area contributed by atoms with Crippen molar-refractivity contribution >= 4 is 0 Å². The maximum Gasteiger partial charge on any atom is 0.109 e. The van der Waals surface area contributed by atoms with Gasteiger partial charge in [-0.05, 0) is 30.7 Å². The quantitative estimate of drug-likeness (QED) is 0.694. The van der Waals surface area contributed by atoms with Crippen molar-refractivity contribution in [2.75, 3.05) is 26.9 Å². The van der Waals surface area contributed by atoms with Crippen LogP contribution in [0, 0.1) is 5.92 Å². The van der Waals surface area contributed by atoms with Crippen molar-refractivity contribution in [3.05, 3.63) is 48.6 Å². The molecule has 3 rings (SSSR count). The fourth-order valence-electron chi connectivity index (χ4n) is 4.59. The molecule has 5 heteroatoms. The summed E-state index contributed by atoms with van der Waals surface area (Å²) < 4.78 is 11.1. The van der Waals surface area contributed by atoms with E-state index in [4.69, 9.17) is 9.47 Å². The summed E-state index contributed by atoms with van der Waals surface area (Å²) in [5, 5.41) is 22.3. The first-order chi connectivity index (χ1) is 12.6. The predicted molar refractivity (Wildman–Crippen MR) is 101 cm³/mol. The van der Waals surface area contributed by atoms with Gasteiger partial charge in [-0.15, -0.1) is 6.58 Å². The largest absolute Gasteiger partial charge is 0.391 e. The number of aliphatic hydroxyl groups is 2. The summed E-state index contributed by atoms with van der Waals surface area (Å²) in [4.78, 5) is 2.20. The lowest BCUT2D eigenvalue weighted by atomic mass is 9.82. The zero-order valence-corrected chi connectivity index (χ0v) is 15.6. The van der Waals surface area contributed by atoms with Crippen molar-refractivity contribution in [3.63, 3.8) is 0 Å². The molecule has 1 saturated heterocycles. The second kappa shape index (κ2) is 8.63. The molecule has 0 unspecified atom stereocenters. The van der Waals surface area contributed by atoms with Crippen molar-refractivity contribution in [2.45, 2.75) is 49.7 Å². The monoisotopic (exact) mass is 361 g/mol. The number of aliphatic hydroxyl groups excluding tert-OH is 1. The van der Waals surface area contributed by atoms with Crippen LogP contribution >= 0.6 is 0 Å². The van der Waals surface area contributed by atoms with Gasteiger partial charge in [-0.1, -0.05) is 36.4 Å². The van der Waals surface area contributed by atoms with E-state index in [1.165, 1.54) is 5.56 Å². The first kappa shape index (κ1) is 19.5. The van der Waals surface area contributed by atoms with Crippen LogP contribution in [-0.4, -0.2) is 65.8 Å². The Kier molecular flexibility index (Phi) is 6.48. The molecule has 0 radical (unpaired) electrons. The standard InChI is InChI=1S/C21H31NO4/c1-3-4-10-22(13-16-8-6-5-7-9-16)20-19(23)12-17-11-18(14-25-2)26-15-21(17,20)24/h3,5-9,17-20,23-24H,1,4,10-15H2,2H3/t17-,18+,19+,20-,21-/m0/s1. The molecule has 1 aromatic rings. The van der Waals surface area contributed by atoms with Gasteiger partial charge in [0, 0.05) is 20.2 Å². The Morgan fingerprint density at radius 2 is 2.12 bits per heavy atom. The third-order valence-corrected chi connectivity index (χ3v) is 5.80. The molecule has 5 atom stereocenters. The highest BCUT2D eigenvalue weighted by atomic mass is 16.5. The fraction of sp³-hybridized carbons (Fsp3) is 0.619. The topological polar surface area (TPSA) is 62.2 Å². The van der Waals surface area contributed by atoms with E-state index >= 15 is 0 Å². The second-order valence-electron chi connectivity index (χ2n) is 7.59. The Labute approximate surface area is 156 Å². The Bertz CT molecular complexity index is 581. The van der Waals surface area contributed by atoms with Crippen LogP contribution in [0.15, 0.2) is 43.0 Å². The molecular formula is C21H31NO4. The summed E-state index contributed by atoms with van der Waals surface area (Å²) in [6.07, 6.45) is 3.44. The summed E-state index contributed by atoms with van der Waals surface area (Å²) in [6.45, 7) is 6.03. The van der Waals surface area contributed by atoms with Crippen LogP contribution in [0.5, 0.6) is 0 Å². The van der Waals surface area contributed by atoms with Crippen LogP contribution in [0.25, 0.3) is 0 Å². The van der Waals surface area contributed by atoms with E-state index in [1.807, 2.05) is 24.3 Å². The molecule has 0 bridgehead atoms. The normalized spacial score (nSPS) is 34.0. The van der Waals surface area contributed by atoms with E-state index in [0.29, 0.717) is 19.6 Å². The molecule has 1 heterocycles. The molecule has 26 heavy (non-hydrogen) atoms. The van der Waals surface area contributed by atoms with Gasteiger partial charge in [-0.25, -0.2) is 0 Å². The van der Waals surface area contributed by atoms with Crippen LogP contribution in [0.4, 0.5) is 0 Å². The van der Waals surface area contributed by atoms with Gasteiger partial charge in [-0.3, -0.25) is 4.90 Å². The molecule has 0 spiro atoms. The highest BCUT2D eigenvalue weighted by Crippen LogP contribution is 2.45. The number of methoxy groups -OCH3 is 1. The molecule has 2 fully saturated rings. The molecule has 2 N–H and O–H groups in total. The molecule has 1 saturated carbocycles. The average molecular weight is 361 g/mol. The summed E-state index contributed by atoms with van der Waals surface area (Å²) in [6, 6.07) is 9.85. The molecular weight excluding hydrogens is 330 g/mol. The molecule has 0 amide bonds. The Morgan fingerprint density at radius 1 is 1.35 bits per heavy atom. The van der Waals surface area contributed by atoms with E-state index in [-0.39, 0.29) is 24.7 Å². The number of hydrogen-bond donors (Lipinski definition) is 2. The molecule has 5 nitrogen and oxygen atoms in total. The number of hydrogen-bond acceptors (Lipinski definition) is 5.